The summed E-state index contributed by atoms with van der Waals surface area (Å²) >= 11 is 0. The van der Waals surface area contributed by atoms with Gasteiger partial charge in [-0.1, -0.05) is 32.9 Å². The molecule has 0 aliphatic heterocycles. The molecule has 16 heavy (non-hydrogen) atoms. The maximum absolute atomic E-state index is 10.3. The third-order valence-electron chi connectivity index (χ3n) is 3.96. The van der Waals surface area contributed by atoms with Crippen molar-refractivity contribution in [1.29, 1.82) is 0 Å². The zero-order valence-corrected chi connectivity index (χ0v) is 11.3. The summed E-state index contributed by atoms with van der Waals surface area (Å²) in [6.07, 6.45) is 1.54. The van der Waals surface area contributed by atoms with Crippen LogP contribution in [0.1, 0.15) is 40.5 Å². The third-order valence-corrected chi connectivity index (χ3v) is 3.96. The van der Waals surface area contributed by atoms with Gasteiger partial charge in [-0.05, 0) is 37.0 Å². The number of hydrogen-bond donors (Lipinski definition) is 1. The van der Waals surface area contributed by atoms with E-state index >= 15 is 0 Å². The van der Waals surface area contributed by atoms with Crippen molar-refractivity contribution in [3.05, 3.63) is 12.2 Å². The molecule has 0 spiro atoms. The van der Waals surface area contributed by atoms with E-state index in [0.29, 0.717) is 5.92 Å². The molecule has 0 aromatic heterocycles. The molecule has 0 heterocycles. The number of aliphatic hydroxyl groups is 1. The molecule has 0 saturated heterocycles. The molecule has 2 nitrogen and oxygen atoms in total. The normalized spacial score (nSPS) is 36.1. The summed E-state index contributed by atoms with van der Waals surface area (Å²) in [7, 11) is 1.69. The monoisotopic (exact) mass is 226 g/mol. The number of hydrogen-bond acceptors (Lipinski definition) is 2. The lowest BCUT2D eigenvalue weighted by molar-refractivity contribution is -0.103. The Morgan fingerprint density at radius 1 is 1.31 bits per heavy atom. The standard InChI is InChI=1S/C14H26O2/c1-9(2)10-7-11(14(3,4)5)13(15)12(8-10)16-6/h10-13,15H,1,7-8H2,2-6H3. The first-order valence-corrected chi connectivity index (χ1v) is 6.13. The Hall–Kier alpha value is -0.340. The average Bonchev–Trinajstić information content (AvgIpc) is 2.15. The molecule has 0 bridgehead atoms. The van der Waals surface area contributed by atoms with E-state index in [9.17, 15) is 5.11 Å². The van der Waals surface area contributed by atoms with Crippen LogP contribution in [0.3, 0.4) is 0 Å². The van der Waals surface area contributed by atoms with Crippen LogP contribution in [0.25, 0.3) is 0 Å². The van der Waals surface area contributed by atoms with E-state index in [1.54, 1.807) is 7.11 Å². The molecule has 1 N–H and O–H groups in total. The van der Waals surface area contributed by atoms with Gasteiger partial charge in [-0.3, -0.25) is 0 Å². The van der Waals surface area contributed by atoms with Crippen molar-refractivity contribution >= 4 is 0 Å². The van der Waals surface area contributed by atoms with E-state index in [0.717, 1.165) is 12.8 Å². The summed E-state index contributed by atoms with van der Waals surface area (Å²) in [5.74, 6) is 0.769. The third kappa shape index (κ3) is 2.86. The molecule has 1 aliphatic rings. The van der Waals surface area contributed by atoms with Crippen LogP contribution in [0.4, 0.5) is 0 Å². The Kier molecular flexibility index (Phi) is 4.19. The minimum atomic E-state index is -0.347. The first kappa shape index (κ1) is 13.7. The SMILES string of the molecule is C=C(C)C1CC(OC)C(O)C(C(C)(C)C)C1. The van der Waals surface area contributed by atoms with Crippen molar-refractivity contribution in [2.75, 3.05) is 7.11 Å². The predicted molar refractivity (Wildman–Crippen MR) is 67.3 cm³/mol. The molecule has 4 atom stereocenters. The van der Waals surface area contributed by atoms with Crippen molar-refractivity contribution in [2.24, 2.45) is 17.3 Å². The Labute approximate surface area is 99.7 Å². The van der Waals surface area contributed by atoms with Crippen LogP contribution in [0.5, 0.6) is 0 Å². The van der Waals surface area contributed by atoms with Crippen LogP contribution in [0, 0.1) is 17.3 Å². The second-order valence-corrected chi connectivity index (χ2v) is 6.25. The maximum atomic E-state index is 10.3. The molecule has 0 radical (unpaired) electrons. The zero-order valence-electron chi connectivity index (χ0n) is 11.3. The van der Waals surface area contributed by atoms with Crippen LogP contribution < -0.4 is 0 Å². The van der Waals surface area contributed by atoms with Crippen molar-refractivity contribution in [2.45, 2.75) is 52.7 Å². The largest absolute Gasteiger partial charge is 0.390 e. The van der Waals surface area contributed by atoms with E-state index in [1.165, 1.54) is 5.57 Å². The summed E-state index contributed by atoms with van der Waals surface area (Å²) in [5.41, 5.74) is 1.33. The van der Waals surface area contributed by atoms with Crippen molar-refractivity contribution in [3.8, 4) is 0 Å². The summed E-state index contributed by atoms with van der Waals surface area (Å²) in [6.45, 7) is 12.7. The van der Waals surface area contributed by atoms with Crippen LogP contribution in [0.2, 0.25) is 0 Å². The molecule has 94 valence electrons. The van der Waals surface area contributed by atoms with Gasteiger partial charge < -0.3 is 9.84 Å². The van der Waals surface area contributed by atoms with Gasteiger partial charge in [-0.2, -0.15) is 0 Å². The number of rotatable bonds is 2. The second kappa shape index (κ2) is 4.89. The van der Waals surface area contributed by atoms with Gasteiger partial charge in [0.05, 0.1) is 12.2 Å². The molecule has 1 fully saturated rings. The maximum Gasteiger partial charge on any atom is 0.0838 e. The predicted octanol–water partition coefficient (Wildman–Crippen LogP) is 3.01. The molecule has 1 rings (SSSR count). The Bertz CT molecular complexity index is 252. The fraction of sp³-hybridized carbons (Fsp3) is 0.857. The second-order valence-electron chi connectivity index (χ2n) is 6.25. The van der Waals surface area contributed by atoms with E-state index < -0.39 is 0 Å². The average molecular weight is 226 g/mol. The number of aliphatic hydroxyl groups excluding tert-OH is 1. The molecule has 1 saturated carbocycles. The van der Waals surface area contributed by atoms with Crippen LogP contribution in [-0.2, 0) is 4.74 Å². The lowest BCUT2D eigenvalue weighted by Crippen LogP contribution is -2.47. The zero-order chi connectivity index (χ0) is 12.5. The van der Waals surface area contributed by atoms with Gasteiger partial charge in [-0.25, -0.2) is 0 Å². The number of allylic oxidation sites excluding steroid dienone is 1. The van der Waals surface area contributed by atoms with E-state index in [-0.39, 0.29) is 23.5 Å². The van der Waals surface area contributed by atoms with Crippen molar-refractivity contribution in [1.82, 2.24) is 0 Å². The summed E-state index contributed by atoms with van der Waals surface area (Å²) in [6, 6.07) is 0. The fourth-order valence-electron chi connectivity index (χ4n) is 2.72. The summed E-state index contributed by atoms with van der Waals surface area (Å²) in [4.78, 5) is 0. The molecule has 4 unspecified atom stereocenters. The summed E-state index contributed by atoms with van der Waals surface area (Å²) in [5, 5.41) is 10.3. The number of methoxy groups -OCH3 is 1. The van der Waals surface area contributed by atoms with Crippen molar-refractivity contribution in [3.63, 3.8) is 0 Å². The van der Waals surface area contributed by atoms with Gasteiger partial charge in [-0.15, -0.1) is 0 Å². The van der Waals surface area contributed by atoms with Gasteiger partial charge in [0.2, 0.25) is 0 Å². The van der Waals surface area contributed by atoms with Crippen LogP contribution in [-0.4, -0.2) is 24.4 Å². The van der Waals surface area contributed by atoms with Gasteiger partial charge in [0.1, 0.15) is 0 Å². The minimum Gasteiger partial charge on any atom is -0.390 e. The smallest absolute Gasteiger partial charge is 0.0838 e. The summed E-state index contributed by atoms with van der Waals surface area (Å²) < 4.78 is 5.42. The van der Waals surface area contributed by atoms with E-state index in [4.69, 9.17) is 4.74 Å². The van der Waals surface area contributed by atoms with Crippen LogP contribution in [0.15, 0.2) is 12.2 Å². The first-order valence-electron chi connectivity index (χ1n) is 6.13. The molecule has 1 aliphatic carbocycles. The Morgan fingerprint density at radius 2 is 1.88 bits per heavy atom. The minimum absolute atomic E-state index is 0.0420. The van der Waals surface area contributed by atoms with E-state index in [1.807, 2.05) is 0 Å². The molecular formula is C14H26O2. The van der Waals surface area contributed by atoms with Gasteiger partial charge in [0, 0.05) is 7.11 Å². The lowest BCUT2D eigenvalue weighted by atomic mass is 9.65. The molecule has 0 aromatic rings. The van der Waals surface area contributed by atoms with Gasteiger partial charge >= 0.3 is 0 Å². The van der Waals surface area contributed by atoms with Gasteiger partial charge in [0.25, 0.3) is 0 Å². The quantitative estimate of drug-likeness (QED) is 0.733. The molecule has 2 heteroatoms. The Morgan fingerprint density at radius 3 is 2.25 bits per heavy atom. The highest BCUT2D eigenvalue weighted by Gasteiger charge is 2.42. The van der Waals surface area contributed by atoms with Crippen LogP contribution >= 0.6 is 0 Å². The highest BCUT2D eigenvalue weighted by molar-refractivity contribution is 5.04. The first-order chi connectivity index (χ1) is 7.27. The Balaban J connectivity index is 2.87. The number of ether oxygens (including phenoxy) is 1. The molecule has 0 aromatic carbocycles. The highest BCUT2D eigenvalue weighted by Crippen LogP contribution is 2.43. The topological polar surface area (TPSA) is 29.5 Å². The fourth-order valence-corrected chi connectivity index (χ4v) is 2.72. The van der Waals surface area contributed by atoms with E-state index in [2.05, 4.69) is 34.3 Å². The molecule has 0 amide bonds. The molecular weight excluding hydrogens is 200 g/mol. The van der Waals surface area contributed by atoms with Gasteiger partial charge in [0.15, 0.2) is 0 Å². The lowest BCUT2D eigenvalue weighted by Gasteiger charge is -2.44. The highest BCUT2D eigenvalue weighted by atomic mass is 16.5. The van der Waals surface area contributed by atoms with Crippen molar-refractivity contribution < 1.29 is 9.84 Å².